The van der Waals surface area contributed by atoms with E-state index in [4.69, 9.17) is 21.1 Å². The van der Waals surface area contributed by atoms with Crippen molar-refractivity contribution >= 4 is 28.9 Å². The van der Waals surface area contributed by atoms with E-state index in [2.05, 4.69) is 0 Å². The van der Waals surface area contributed by atoms with Crippen molar-refractivity contribution in [2.45, 2.75) is 38.9 Å². The first-order valence-electron chi connectivity index (χ1n) is 7.52. The van der Waals surface area contributed by atoms with Gasteiger partial charge in [0.15, 0.2) is 0 Å². The van der Waals surface area contributed by atoms with Crippen LogP contribution in [0.1, 0.15) is 20.8 Å². The fourth-order valence-electron chi connectivity index (χ4n) is 2.38. The second kappa shape index (κ2) is 6.66. The third-order valence-electron chi connectivity index (χ3n) is 3.45. The van der Waals surface area contributed by atoms with Gasteiger partial charge in [0.05, 0.1) is 28.5 Å². The Morgan fingerprint density at radius 2 is 2.08 bits per heavy atom. The maximum atomic E-state index is 11.4. The molecule has 0 amide bonds. The fourth-order valence-corrected chi connectivity index (χ4v) is 2.71. The number of benzene rings is 1. The van der Waals surface area contributed by atoms with Gasteiger partial charge in [0.1, 0.15) is 5.75 Å². The minimum absolute atomic E-state index is 0.0583. The predicted octanol–water partition coefficient (Wildman–Crippen LogP) is 2.15. The molecule has 1 heterocycles. The summed E-state index contributed by atoms with van der Waals surface area (Å²) >= 11 is 6.30. The molecule has 1 aliphatic heterocycles. The van der Waals surface area contributed by atoms with E-state index in [9.17, 15) is 15.0 Å². The first-order chi connectivity index (χ1) is 11.0. The number of carboxylic acid groups (broad SMARTS) is 1. The molecule has 2 N–H and O–H groups in total. The number of hydrogen-bond donors (Lipinski definition) is 2. The number of aliphatic carboxylic acids is 1. The van der Waals surface area contributed by atoms with E-state index >= 15 is 0 Å². The molecular formula is C16H23ClN2O5. The summed E-state index contributed by atoms with van der Waals surface area (Å²) in [6, 6.07) is 3.29. The molecule has 8 heteroatoms. The molecule has 0 aliphatic carbocycles. The summed E-state index contributed by atoms with van der Waals surface area (Å²) in [7, 11) is 3.64. The quantitative estimate of drug-likeness (QED) is 0.798. The molecule has 0 fully saturated rings. The van der Waals surface area contributed by atoms with E-state index < -0.39 is 24.1 Å². The summed E-state index contributed by atoms with van der Waals surface area (Å²) in [5.74, 6) is -0.784. The molecule has 1 aromatic carbocycles. The summed E-state index contributed by atoms with van der Waals surface area (Å²) < 4.78 is 11.1. The van der Waals surface area contributed by atoms with Crippen LogP contribution in [0.25, 0.3) is 0 Å². The molecule has 2 atom stereocenters. The van der Waals surface area contributed by atoms with Gasteiger partial charge in [0, 0.05) is 20.2 Å². The lowest BCUT2D eigenvalue weighted by Crippen LogP contribution is -2.51. The van der Waals surface area contributed by atoms with Crippen molar-refractivity contribution in [1.29, 1.82) is 0 Å². The zero-order valence-electron chi connectivity index (χ0n) is 14.4. The summed E-state index contributed by atoms with van der Waals surface area (Å²) in [6.45, 7) is 5.34. The Balaban J connectivity index is 2.46. The molecular weight excluding hydrogens is 336 g/mol. The Morgan fingerprint density at radius 3 is 2.58 bits per heavy atom. The molecule has 134 valence electrons. The predicted molar refractivity (Wildman–Crippen MR) is 92.0 cm³/mol. The van der Waals surface area contributed by atoms with Crippen LogP contribution in [-0.4, -0.2) is 54.9 Å². The van der Waals surface area contributed by atoms with E-state index in [1.54, 1.807) is 37.8 Å². The number of anilines is 2. The van der Waals surface area contributed by atoms with E-state index in [1.165, 1.54) is 4.90 Å². The van der Waals surface area contributed by atoms with Gasteiger partial charge in [-0.25, -0.2) is 4.79 Å². The number of rotatable bonds is 4. The highest BCUT2D eigenvalue weighted by Crippen LogP contribution is 2.41. The van der Waals surface area contributed by atoms with Gasteiger partial charge in [0.25, 0.3) is 0 Å². The number of aliphatic hydroxyl groups excluding tert-OH is 1. The molecule has 0 bridgehead atoms. The summed E-state index contributed by atoms with van der Waals surface area (Å²) in [4.78, 5) is 14.6. The van der Waals surface area contributed by atoms with Gasteiger partial charge in [-0.1, -0.05) is 11.6 Å². The number of fused-ring (bicyclic) bond motifs is 1. The molecule has 2 rings (SSSR count). The summed E-state index contributed by atoms with van der Waals surface area (Å²) in [6.07, 6.45) is -2.44. The van der Waals surface area contributed by atoms with Crippen LogP contribution in [0.4, 0.5) is 11.4 Å². The Labute approximate surface area is 146 Å². The SMILES string of the molecule is CN(C)c1cc2c(cc1Cl)N(C(O)OC(C)(C)C)CC(C(=O)O)O2. The highest BCUT2D eigenvalue weighted by Gasteiger charge is 2.36. The van der Waals surface area contributed by atoms with Gasteiger partial charge in [-0.05, 0) is 26.8 Å². The lowest BCUT2D eigenvalue weighted by atomic mass is 10.1. The van der Waals surface area contributed by atoms with Crippen LogP contribution in [0.3, 0.4) is 0 Å². The average molecular weight is 359 g/mol. The number of carboxylic acids is 1. The van der Waals surface area contributed by atoms with Crippen LogP contribution in [0, 0.1) is 0 Å². The first kappa shape index (κ1) is 18.6. The standard InChI is InChI=1S/C16H23ClN2O5/c1-16(2,3)24-15(22)19-8-13(14(20)21)23-12-7-10(18(4)5)9(17)6-11(12)19/h6-7,13,15,22H,8H2,1-5H3,(H,20,21). The molecule has 0 saturated carbocycles. The normalized spacial score (nSPS) is 18.6. The molecule has 1 aliphatic rings. The molecule has 24 heavy (non-hydrogen) atoms. The van der Waals surface area contributed by atoms with Crippen molar-refractivity contribution in [2.75, 3.05) is 30.4 Å². The minimum Gasteiger partial charge on any atom is -0.478 e. The van der Waals surface area contributed by atoms with Crippen LogP contribution in [0.15, 0.2) is 12.1 Å². The van der Waals surface area contributed by atoms with Gasteiger partial charge in [-0.15, -0.1) is 0 Å². The maximum Gasteiger partial charge on any atom is 0.346 e. The lowest BCUT2D eigenvalue weighted by Gasteiger charge is -2.39. The zero-order chi connectivity index (χ0) is 18.2. The van der Waals surface area contributed by atoms with Crippen LogP contribution >= 0.6 is 11.6 Å². The molecule has 0 aromatic heterocycles. The van der Waals surface area contributed by atoms with Crippen molar-refractivity contribution in [1.82, 2.24) is 0 Å². The number of hydrogen-bond acceptors (Lipinski definition) is 6. The van der Waals surface area contributed by atoms with Crippen LogP contribution in [-0.2, 0) is 9.53 Å². The smallest absolute Gasteiger partial charge is 0.346 e. The van der Waals surface area contributed by atoms with Crippen molar-refractivity contribution in [3.8, 4) is 5.75 Å². The van der Waals surface area contributed by atoms with Crippen molar-refractivity contribution < 1.29 is 24.5 Å². The van der Waals surface area contributed by atoms with Crippen LogP contribution < -0.4 is 14.5 Å². The third-order valence-corrected chi connectivity index (χ3v) is 3.76. The van der Waals surface area contributed by atoms with Gasteiger partial charge >= 0.3 is 5.97 Å². The van der Waals surface area contributed by atoms with Gasteiger partial charge in [0.2, 0.25) is 12.5 Å². The second-order valence-corrected chi connectivity index (χ2v) is 7.23. The molecule has 0 spiro atoms. The Morgan fingerprint density at radius 1 is 1.46 bits per heavy atom. The Hall–Kier alpha value is -1.70. The number of nitrogens with zero attached hydrogens (tertiary/aromatic N) is 2. The van der Waals surface area contributed by atoms with E-state index in [1.807, 2.05) is 14.1 Å². The summed E-state index contributed by atoms with van der Waals surface area (Å²) in [5.41, 5.74) is 0.566. The molecule has 0 saturated heterocycles. The second-order valence-electron chi connectivity index (χ2n) is 6.82. The largest absolute Gasteiger partial charge is 0.478 e. The minimum atomic E-state index is -1.32. The summed E-state index contributed by atoms with van der Waals surface area (Å²) in [5, 5.41) is 20.2. The third kappa shape index (κ3) is 4.03. The first-order valence-corrected chi connectivity index (χ1v) is 7.90. The molecule has 0 radical (unpaired) electrons. The average Bonchev–Trinajstić information content (AvgIpc) is 2.43. The maximum absolute atomic E-state index is 11.4. The molecule has 7 nitrogen and oxygen atoms in total. The van der Waals surface area contributed by atoms with Crippen molar-refractivity contribution in [2.24, 2.45) is 0 Å². The topological polar surface area (TPSA) is 82.5 Å². The monoisotopic (exact) mass is 358 g/mol. The lowest BCUT2D eigenvalue weighted by molar-refractivity contribution is -0.169. The molecule has 2 unspecified atom stereocenters. The van der Waals surface area contributed by atoms with Gasteiger partial charge < -0.3 is 29.5 Å². The van der Waals surface area contributed by atoms with E-state index in [0.29, 0.717) is 22.1 Å². The highest BCUT2D eigenvalue weighted by atomic mass is 35.5. The number of aliphatic hydroxyl groups is 1. The number of ether oxygens (including phenoxy) is 2. The van der Waals surface area contributed by atoms with E-state index in [0.717, 1.165) is 0 Å². The Kier molecular flexibility index (Phi) is 5.17. The fraction of sp³-hybridized carbons (Fsp3) is 0.562. The number of carbonyl (C=O) groups is 1. The van der Waals surface area contributed by atoms with Crippen molar-refractivity contribution in [3.05, 3.63) is 17.2 Å². The van der Waals surface area contributed by atoms with E-state index in [-0.39, 0.29) is 6.54 Å². The highest BCUT2D eigenvalue weighted by molar-refractivity contribution is 6.33. The van der Waals surface area contributed by atoms with Gasteiger partial charge in [-0.3, -0.25) is 0 Å². The number of halogens is 1. The Bertz CT molecular complexity index is 630. The molecule has 1 aromatic rings. The van der Waals surface area contributed by atoms with Crippen LogP contribution in [0.2, 0.25) is 5.02 Å². The van der Waals surface area contributed by atoms with Gasteiger partial charge in [-0.2, -0.15) is 0 Å². The zero-order valence-corrected chi connectivity index (χ0v) is 15.2. The van der Waals surface area contributed by atoms with Crippen LogP contribution in [0.5, 0.6) is 5.75 Å². The van der Waals surface area contributed by atoms with Crippen molar-refractivity contribution in [3.63, 3.8) is 0 Å².